The molecule has 0 saturated heterocycles. The molecule has 0 heterocycles. The van der Waals surface area contributed by atoms with Crippen LogP contribution >= 0.6 is 0 Å². The van der Waals surface area contributed by atoms with Gasteiger partial charge in [0.1, 0.15) is 11.7 Å². The third-order valence-corrected chi connectivity index (χ3v) is 10.0. The second-order valence-electron chi connectivity index (χ2n) is 7.96. The first-order valence-corrected chi connectivity index (χ1v) is 10.5. The molecule has 0 aromatic carbocycles. The van der Waals surface area contributed by atoms with E-state index < -0.39 is 20.0 Å². The molecular formula is C18H30O2Si. The highest BCUT2D eigenvalue weighted by Crippen LogP contribution is 2.60. The lowest BCUT2D eigenvalue weighted by atomic mass is 9.77. The molecule has 0 amide bonds. The maximum absolute atomic E-state index is 11.2. The Morgan fingerprint density at radius 2 is 1.81 bits per heavy atom. The summed E-state index contributed by atoms with van der Waals surface area (Å²) in [5.41, 5.74) is 2.50. The van der Waals surface area contributed by atoms with Gasteiger partial charge in [0.25, 0.3) is 0 Å². The van der Waals surface area contributed by atoms with Crippen LogP contribution < -0.4 is 0 Å². The zero-order chi connectivity index (χ0) is 16.7. The monoisotopic (exact) mass is 306 g/mol. The van der Waals surface area contributed by atoms with Crippen molar-refractivity contribution in [2.75, 3.05) is 0 Å². The zero-order valence-electron chi connectivity index (χ0n) is 14.6. The summed E-state index contributed by atoms with van der Waals surface area (Å²) in [7, 11) is -2.04. The van der Waals surface area contributed by atoms with Gasteiger partial charge in [0.15, 0.2) is 8.32 Å². The zero-order valence-corrected chi connectivity index (χ0v) is 15.6. The van der Waals surface area contributed by atoms with Gasteiger partial charge >= 0.3 is 0 Å². The molecule has 0 aromatic heterocycles. The number of terminal acetylenes is 1. The molecule has 2 atom stereocenters. The van der Waals surface area contributed by atoms with Gasteiger partial charge in [-0.25, -0.2) is 0 Å². The van der Waals surface area contributed by atoms with Crippen LogP contribution in [-0.2, 0) is 4.43 Å². The van der Waals surface area contributed by atoms with Gasteiger partial charge in [0.05, 0.1) is 0 Å². The first kappa shape index (κ1) is 18.3. The third-order valence-electron chi connectivity index (χ3n) is 5.58. The largest absolute Gasteiger partial charge is 0.401 e. The predicted molar refractivity (Wildman–Crippen MR) is 91.5 cm³/mol. The molecule has 2 nitrogen and oxygen atoms in total. The highest BCUT2D eigenvalue weighted by Gasteiger charge is 2.61. The van der Waals surface area contributed by atoms with Crippen LogP contribution in [0.3, 0.4) is 0 Å². The molecule has 0 aliphatic heterocycles. The summed E-state index contributed by atoms with van der Waals surface area (Å²) < 4.78 is 6.33. The van der Waals surface area contributed by atoms with E-state index in [9.17, 15) is 5.11 Å². The normalized spacial score (nSPS) is 21.7. The van der Waals surface area contributed by atoms with Crippen molar-refractivity contribution in [1.29, 1.82) is 0 Å². The van der Waals surface area contributed by atoms with E-state index in [2.05, 4.69) is 52.1 Å². The molecule has 0 aromatic rings. The van der Waals surface area contributed by atoms with Crippen LogP contribution in [0.2, 0.25) is 18.1 Å². The number of aliphatic hydroxyl groups is 1. The van der Waals surface area contributed by atoms with E-state index in [0.717, 1.165) is 18.4 Å². The van der Waals surface area contributed by atoms with E-state index in [1.54, 1.807) is 6.92 Å². The molecule has 21 heavy (non-hydrogen) atoms. The van der Waals surface area contributed by atoms with Crippen LogP contribution in [0.5, 0.6) is 0 Å². The second-order valence-corrected chi connectivity index (χ2v) is 12.7. The van der Waals surface area contributed by atoms with Crippen LogP contribution in [-0.4, -0.2) is 25.1 Å². The van der Waals surface area contributed by atoms with Crippen LogP contribution in [0.25, 0.3) is 0 Å². The lowest BCUT2D eigenvalue weighted by Crippen LogP contribution is -2.54. The van der Waals surface area contributed by atoms with Gasteiger partial charge in [-0.1, -0.05) is 33.3 Å². The Morgan fingerprint density at radius 1 is 1.33 bits per heavy atom. The molecule has 3 heteroatoms. The predicted octanol–water partition coefficient (Wildman–Crippen LogP) is 4.27. The lowest BCUT2D eigenvalue weighted by molar-refractivity contribution is -0.0705. The van der Waals surface area contributed by atoms with Crippen molar-refractivity contribution in [1.82, 2.24) is 0 Å². The van der Waals surface area contributed by atoms with E-state index in [1.807, 2.05) is 6.92 Å². The van der Waals surface area contributed by atoms with E-state index in [0.29, 0.717) is 0 Å². The van der Waals surface area contributed by atoms with Crippen molar-refractivity contribution >= 4 is 8.32 Å². The molecule has 2 unspecified atom stereocenters. The van der Waals surface area contributed by atoms with Crippen molar-refractivity contribution in [3.63, 3.8) is 0 Å². The topological polar surface area (TPSA) is 29.5 Å². The summed E-state index contributed by atoms with van der Waals surface area (Å²) in [6, 6.07) is 0. The van der Waals surface area contributed by atoms with Crippen LogP contribution in [0.4, 0.5) is 0 Å². The Labute approximate surface area is 131 Å². The van der Waals surface area contributed by atoms with Crippen molar-refractivity contribution in [2.45, 2.75) is 77.3 Å². The number of hydrogen-bond acceptors (Lipinski definition) is 2. The maximum Gasteiger partial charge on any atom is 0.193 e. The van der Waals surface area contributed by atoms with Gasteiger partial charge in [-0.2, -0.15) is 0 Å². The van der Waals surface area contributed by atoms with Crippen molar-refractivity contribution in [3.05, 3.63) is 17.9 Å². The van der Waals surface area contributed by atoms with E-state index >= 15 is 0 Å². The van der Waals surface area contributed by atoms with Crippen molar-refractivity contribution in [3.8, 4) is 12.3 Å². The van der Waals surface area contributed by atoms with Gasteiger partial charge < -0.3 is 9.53 Å². The summed E-state index contributed by atoms with van der Waals surface area (Å²) >= 11 is 0. The maximum atomic E-state index is 11.2. The van der Waals surface area contributed by atoms with Gasteiger partial charge in [-0.15, -0.1) is 12.2 Å². The fourth-order valence-corrected chi connectivity index (χ4v) is 3.83. The first-order valence-electron chi connectivity index (χ1n) is 7.59. The van der Waals surface area contributed by atoms with Crippen molar-refractivity contribution < 1.29 is 9.53 Å². The molecular weight excluding hydrogens is 276 g/mol. The Bertz CT molecular complexity index is 492. The van der Waals surface area contributed by atoms with E-state index in [1.165, 1.54) is 0 Å². The van der Waals surface area contributed by atoms with Crippen molar-refractivity contribution in [2.24, 2.45) is 5.41 Å². The molecule has 118 valence electrons. The summed E-state index contributed by atoms with van der Waals surface area (Å²) in [6.45, 7) is 18.3. The molecule has 1 aliphatic carbocycles. The summed E-state index contributed by atoms with van der Waals surface area (Å²) in [4.78, 5) is 0. The van der Waals surface area contributed by atoms with Gasteiger partial charge in [-0.05, 0) is 50.4 Å². The minimum absolute atomic E-state index is 0.0538. The number of hydrogen-bond donors (Lipinski definition) is 1. The fourth-order valence-electron chi connectivity index (χ4n) is 2.59. The van der Waals surface area contributed by atoms with E-state index in [-0.39, 0.29) is 10.5 Å². The lowest BCUT2D eigenvalue weighted by Gasteiger charge is -2.44. The quantitative estimate of drug-likeness (QED) is 0.467. The molecule has 1 saturated carbocycles. The molecule has 1 N–H and O–H groups in total. The Morgan fingerprint density at radius 3 is 2.10 bits per heavy atom. The highest BCUT2D eigenvalue weighted by molar-refractivity contribution is 6.74. The smallest absolute Gasteiger partial charge is 0.193 e. The standard InChI is InChI=1S/C18H30O2Si/c1-10-14(3)18(12-13-18)17(7,19)15(11-2)20-21(8,9)16(4,5)6/h2,15,19H,1,12-13H2,3-9H3. The van der Waals surface area contributed by atoms with Crippen LogP contribution in [0, 0.1) is 17.8 Å². The van der Waals surface area contributed by atoms with Gasteiger partial charge in [0.2, 0.25) is 0 Å². The third kappa shape index (κ3) is 3.05. The summed E-state index contributed by atoms with van der Waals surface area (Å²) in [5.74, 6) is 2.70. The SMILES string of the molecule is C#CC(O[Si](C)(C)C(C)(C)C)C(C)(O)C1(C(C)=C=C)CC1. The van der Waals surface area contributed by atoms with Crippen LogP contribution in [0.1, 0.15) is 47.5 Å². The Balaban J connectivity index is 3.12. The minimum atomic E-state index is -2.04. The first-order chi connectivity index (χ1) is 9.35. The Kier molecular flexibility index (Phi) is 4.74. The van der Waals surface area contributed by atoms with Gasteiger partial charge in [-0.3, -0.25) is 0 Å². The fraction of sp³-hybridized carbons (Fsp3) is 0.722. The molecule has 1 rings (SSSR count). The van der Waals surface area contributed by atoms with E-state index in [4.69, 9.17) is 10.8 Å². The molecule has 0 spiro atoms. The minimum Gasteiger partial charge on any atom is -0.401 e. The average molecular weight is 307 g/mol. The number of rotatable bonds is 5. The molecule has 0 bridgehead atoms. The summed E-state index contributed by atoms with van der Waals surface area (Å²) in [6.07, 6.45) is 6.93. The average Bonchev–Trinajstić information content (AvgIpc) is 3.15. The highest BCUT2D eigenvalue weighted by atomic mass is 28.4. The molecule has 1 fully saturated rings. The Hall–Kier alpha value is -0.783. The molecule has 0 radical (unpaired) electrons. The summed E-state index contributed by atoms with van der Waals surface area (Å²) in [5, 5.41) is 11.2. The van der Waals surface area contributed by atoms with Crippen LogP contribution in [0.15, 0.2) is 17.9 Å². The second kappa shape index (κ2) is 5.45. The van der Waals surface area contributed by atoms with Gasteiger partial charge in [0, 0.05) is 5.41 Å². The molecule has 1 aliphatic rings.